The van der Waals surface area contributed by atoms with Gasteiger partial charge in [0, 0.05) is 19.7 Å². The van der Waals surface area contributed by atoms with E-state index in [4.69, 9.17) is 9.47 Å². The Balaban J connectivity index is 2.35. The van der Waals surface area contributed by atoms with E-state index in [1.165, 1.54) is 0 Å². The van der Waals surface area contributed by atoms with Crippen molar-refractivity contribution in [1.82, 2.24) is 5.32 Å². The molecule has 2 N–H and O–H groups in total. The first-order valence-corrected chi connectivity index (χ1v) is 6.24. The zero-order valence-corrected chi connectivity index (χ0v) is 11.3. The van der Waals surface area contributed by atoms with Crippen molar-refractivity contribution in [2.45, 2.75) is 32.6 Å². The van der Waals surface area contributed by atoms with Crippen LogP contribution in [0.3, 0.4) is 0 Å². The second-order valence-electron chi connectivity index (χ2n) is 4.61. The van der Waals surface area contributed by atoms with Crippen molar-refractivity contribution in [3.8, 4) is 5.75 Å². The quantitative estimate of drug-likeness (QED) is 0.738. The average Bonchev–Trinajstić information content (AvgIpc) is 2.35. The molecule has 18 heavy (non-hydrogen) atoms. The zero-order valence-electron chi connectivity index (χ0n) is 11.3. The fourth-order valence-corrected chi connectivity index (χ4v) is 1.51. The van der Waals surface area contributed by atoms with E-state index in [0.717, 1.165) is 11.3 Å². The highest BCUT2D eigenvalue weighted by molar-refractivity contribution is 5.28. The van der Waals surface area contributed by atoms with Gasteiger partial charge in [0.25, 0.3) is 0 Å². The Morgan fingerprint density at radius 2 is 2.11 bits per heavy atom. The summed E-state index contributed by atoms with van der Waals surface area (Å²) >= 11 is 0. The second-order valence-corrected chi connectivity index (χ2v) is 4.61. The normalized spacial score (nSPS) is 12.7. The molecule has 102 valence electrons. The molecule has 0 aromatic heterocycles. The lowest BCUT2D eigenvalue weighted by Crippen LogP contribution is -2.35. The third-order valence-electron chi connectivity index (χ3n) is 2.41. The summed E-state index contributed by atoms with van der Waals surface area (Å²) in [5, 5.41) is 12.9. The van der Waals surface area contributed by atoms with Crippen LogP contribution in [0.15, 0.2) is 24.3 Å². The maximum atomic E-state index is 9.72. The number of rotatable bonds is 8. The molecule has 0 amide bonds. The van der Waals surface area contributed by atoms with Gasteiger partial charge in [0.05, 0.1) is 6.61 Å². The van der Waals surface area contributed by atoms with Gasteiger partial charge in [-0.05, 0) is 17.7 Å². The summed E-state index contributed by atoms with van der Waals surface area (Å²) in [5.41, 5.74) is 1.06. The van der Waals surface area contributed by atoms with E-state index in [1.54, 1.807) is 7.11 Å². The molecule has 0 bridgehead atoms. The molecule has 0 spiro atoms. The molecule has 1 atom stereocenters. The number of aliphatic hydroxyl groups excluding tert-OH is 1. The van der Waals surface area contributed by atoms with Crippen LogP contribution in [0, 0.1) is 0 Å². The minimum atomic E-state index is -0.501. The van der Waals surface area contributed by atoms with Crippen molar-refractivity contribution in [1.29, 1.82) is 0 Å². The Hall–Kier alpha value is -1.10. The van der Waals surface area contributed by atoms with Gasteiger partial charge in [-0.25, -0.2) is 0 Å². The van der Waals surface area contributed by atoms with Crippen molar-refractivity contribution in [3.05, 3.63) is 29.8 Å². The first-order valence-electron chi connectivity index (χ1n) is 6.24. The van der Waals surface area contributed by atoms with Crippen molar-refractivity contribution in [3.63, 3.8) is 0 Å². The lowest BCUT2D eigenvalue weighted by atomic mass is 10.2. The topological polar surface area (TPSA) is 50.7 Å². The maximum absolute atomic E-state index is 9.72. The van der Waals surface area contributed by atoms with Gasteiger partial charge >= 0.3 is 0 Å². The number of nitrogens with one attached hydrogen (secondary N) is 1. The lowest BCUT2D eigenvalue weighted by Gasteiger charge is -2.15. The molecule has 1 rings (SSSR count). The third kappa shape index (κ3) is 6.00. The summed E-state index contributed by atoms with van der Waals surface area (Å²) in [4.78, 5) is 0. The molecule has 0 saturated carbocycles. The number of hydrogen-bond donors (Lipinski definition) is 2. The molecule has 0 fully saturated rings. The van der Waals surface area contributed by atoms with Gasteiger partial charge in [0.2, 0.25) is 0 Å². The van der Waals surface area contributed by atoms with Crippen molar-refractivity contribution >= 4 is 0 Å². The smallest absolute Gasteiger partial charge is 0.119 e. The molecular formula is C14H23NO3. The average molecular weight is 253 g/mol. The molecule has 1 aromatic rings. The molecule has 4 heteroatoms. The van der Waals surface area contributed by atoms with E-state index in [1.807, 2.05) is 38.1 Å². The molecule has 0 aliphatic rings. The van der Waals surface area contributed by atoms with E-state index in [-0.39, 0.29) is 6.61 Å². The number of aliphatic hydroxyl groups is 1. The number of methoxy groups -OCH3 is 1. The largest absolute Gasteiger partial charge is 0.491 e. The SMILES string of the molecule is COCc1cccc(OCC(O)CNC(C)C)c1. The molecule has 0 heterocycles. The van der Waals surface area contributed by atoms with Crippen LogP contribution in [0.4, 0.5) is 0 Å². The van der Waals surface area contributed by atoms with Gasteiger partial charge in [-0.2, -0.15) is 0 Å². The summed E-state index contributed by atoms with van der Waals surface area (Å²) in [6, 6.07) is 8.06. The van der Waals surface area contributed by atoms with Gasteiger partial charge < -0.3 is 19.9 Å². The van der Waals surface area contributed by atoms with E-state index < -0.39 is 6.10 Å². The fourth-order valence-electron chi connectivity index (χ4n) is 1.51. The van der Waals surface area contributed by atoms with Gasteiger partial charge in [0.15, 0.2) is 0 Å². The maximum Gasteiger partial charge on any atom is 0.119 e. The molecule has 0 aliphatic carbocycles. The summed E-state index contributed by atoms with van der Waals surface area (Å²) < 4.78 is 10.6. The monoisotopic (exact) mass is 253 g/mol. The van der Waals surface area contributed by atoms with Crippen LogP contribution in [0.5, 0.6) is 5.75 Å². The van der Waals surface area contributed by atoms with E-state index >= 15 is 0 Å². The van der Waals surface area contributed by atoms with E-state index in [2.05, 4.69) is 5.32 Å². The van der Waals surface area contributed by atoms with Crippen LogP contribution in [-0.4, -0.2) is 37.5 Å². The van der Waals surface area contributed by atoms with Crippen molar-refractivity contribution < 1.29 is 14.6 Å². The number of benzene rings is 1. The molecule has 4 nitrogen and oxygen atoms in total. The first kappa shape index (κ1) is 15.0. The Morgan fingerprint density at radius 1 is 1.33 bits per heavy atom. The van der Waals surface area contributed by atoms with Gasteiger partial charge in [-0.3, -0.25) is 0 Å². The van der Waals surface area contributed by atoms with E-state index in [9.17, 15) is 5.11 Å². The zero-order chi connectivity index (χ0) is 13.4. The van der Waals surface area contributed by atoms with Crippen LogP contribution in [-0.2, 0) is 11.3 Å². The molecule has 1 unspecified atom stereocenters. The van der Waals surface area contributed by atoms with Crippen LogP contribution >= 0.6 is 0 Å². The van der Waals surface area contributed by atoms with Gasteiger partial charge in [-0.15, -0.1) is 0 Å². The van der Waals surface area contributed by atoms with Crippen LogP contribution in [0.1, 0.15) is 19.4 Å². The summed E-state index contributed by atoms with van der Waals surface area (Å²) in [7, 11) is 1.66. The second kappa shape index (κ2) is 8.08. The van der Waals surface area contributed by atoms with Crippen LogP contribution in [0.2, 0.25) is 0 Å². The van der Waals surface area contributed by atoms with Crippen LogP contribution in [0.25, 0.3) is 0 Å². The van der Waals surface area contributed by atoms with Crippen LogP contribution < -0.4 is 10.1 Å². The van der Waals surface area contributed by atoms with E-state index in [0.29, 0.717) is 19.2 Å². The molecule has 1 aromatic carbocycles. The molecule has 0 aliphatic heterocycles. The summed E-state index contributed by atoms with van der Waals surface area (Å²) in [5.74, 6) is 0.758. The summed E-state index contributed by atoms with van der Waals surface area (Å²) in [6.07, 6.45) is -0.501. The Kier molecular flexibility index (Phi) is 6.72. The first-order chi connectivity index (χ1) is 8.61. The lowest BCUT2D eigenvalue weighted by molar-refractivity contribution is 0.104. The Morgan fingerprint density at radius 3 is 2.78 bits per heavy atom. The van der Waals surface area contributed by atoms with Crippen molar-refractivity contribution in [2.75, 3.05) is 20.3 Å². The number of ether oxygens (including phenoxy) is 2. The number of hydrogen-bond acceptors (Lipinski definition) is 4. The standard InChI is InChI=1S/C14H23NO3/c1-11(2)15-8-13(16)10-18-14-6-4-5-12(7-14)9-17-3/h4-7,11,13,15-16H,8-10H2,1-3H3. The predicted molar refractivity (Wildman–Crippen MR) is 71.8 cm³/mol. The molecule has 0 saturated heterocycles. The highest BCUT2D eigenvalue weighted by Crippen LogP contribution is 2.14. The van der Waals surface area contributed by atoms with Gasteiger partial charge in [0.1, 0.15) is 18.5 Å². The predicted octanol–water partition coefficient (Wildman–Crippen LogP) is 1.57. The Labute approximate surface area is 109 Å². The fraction of sp³-hybridized carbons (Fsp3) is 0.571. The molecule has 0 radical (unpaired) electrons. The Bertz CT molecular complexity index is 342. The summed E-state index contributed by atoms with van der Waals surface area (Å²) in [6.45, 7) is 5.48. The minimum Gasteiger partial charge on any atom is -0.491 e. The van der Waals surface area contributed by atoms with Crippen molar-refractivity contribution in [2.24, 2.45) is 0 Å². The minimum absolute atomic E-state index is 0.288. The highest BCUT2D eigenvalue weighted by atomic mass is 16.5. The molecular weight excluding hydrogens is 230 g/mol. The van der Waals surface area contributed by atoms with Gasteiger partial charge in [-0.1, -0.05) is 26.0 Å². The highest BCUT2D eigenvalue weighted by Gasteiger charge is 2.06. The third-order valence-corrected chi connectivity index (χ3v) is 2.41.